The van der Waals surface area contributed by atoms with Crippen LogP contribution in [0.15, 0.2) is 60.7 Å². The number of ether oxygens (including phenoxy) is 2. The fourth-order valence-electron chi connectivity index (χ4n) is 3.50. The van der Waals surface area contributed by atoms with E-state index < -0.39 is 5.41 Å². The zero-order chi connectivity index (χ0) is 30.6. The molecule has 0 radical (unpaired) electrons. The number of nitrogens with zero attached hydrogens (tertiary/aromatic N) is 2. The third-order valence-corrected chi connectivity index (χ3v) is 6.89. The van der Waals surface area contributed by atoms with Gasteiger partial charge < -0.3 is 14.0 Å². The summed E-state index contributed by atoms with van der Waals surface area (Å²) < 4.78 is 11.6. The monoisotopic (exact) mass is 556 g/mol. The molecule has 0 spiro atoms. The highest BCUT2D eigenvalue weighted by Crippen LogP contribution is 2.21. The van der Waals surface area contributed by atoms with Crippen LogP contribution in [0.2, 0.25) is 0 Å². The average Bonchev–Trinajstić information content (AvgIpc) is 2.88. The van der Waals surface area contributed by atoms with E-state index in [9.17, 15) is 14.4 Å². The summed E-state index contributed by atoms with van der Waals surface area (Å²) in [6.45, 7) is 14.2. The van der Waals surface area contributed by atoms with E-state index >= 15 is 0 Å². The Kier molecular flexibility index (Phi) is 13.2. The van der Waals surface area contributed by atoms with Crippen molar-refractivity contribution in [3.8, 4) is 0 Å². The zero-order valence-electron chi connectivity index (χ0n) is 26.5. The first-order valence-corrected chi connectivity index (χ1v) is 14.0. The van der Waals surface area contributed by atoms with Crippen molar-refractivity contribution in [2.24, 2.45) is 10.8 Å². The second kappa shape index (κ2) is 15.1. The van der Waals surface area contributed by atoms with Crippen LogP contribution in [-0.4, -0.2) is 81.3 Å². The van der Waals surface area contributed by atoms with E-state index in [2.05, 4.69) is 38.4 Å². The lowest BCUT2D eigenvalue weighted by Crippen LogP contribution is -2.48. The summed E-state index contributed by atoms with van der Waals surface area (Å²) in [5, 5.41) is 0. The maximum atomic E-state index is 12.4. The topological polar surface area (TPSA) is 69.7 Å². The largest absolute Gasteiger partial charge is 0.459 e. The van der Waals surface area contributed by atoms with Crippen LogP contribution >= 0.6 is 0 Å². The number of esters is 2. The predicted octanol–water partition coefficient (Wildman–Crippen LogP) is 5.73. The number of amides is 1. The molecule has 0 atom stereocenters. The molecular weight excluding hydrogens is 504 g/mol. The molecule has 2 rings (SSSR count). The van der Waals surface area contributed by atoms with Crippen molar-refractivity contribution < 1.29 is 32.8 Å². The summed E-state index contributed by atoms with van der Waals surface area (Å²) >= 11 is 0. The minimum absolute atomic E-state index is 0.0115. The predicted molar refractivity (Wildman–Crippen MR) is 160 cm³/mol. The van der Waals surface area contributed by atoms with Gasteiger partial charge in [-0.1, -0.05) is 55.5 Å². The quantitative estimate of drug-likeness (QED) is 0.261. The highest BCUT2D eigenvalue weighted by Gasteiger charge is 2.30. The van der Waals surface area contributed by atoms with Crippen LogP contribution in [0, 0.1) is 10.8 Å². The van der Waals surface area contributed by atoms with Crippen LogP contribution in [0.4, 0.5) is 0 Å². The van der Waals surface area contributed by atoms with Gasteiger partial charge in [0.15, 0.2) is 0 Å². The van der Waals surface area contributed by atoms with E-state index in [4.69, 9.17) is 9.47 Å². The van der Waals surface area contributed by atoms with Gasteiger partial charge in [-0.25, -0.2) is 4.79 Å². The molecule has 7 heteroatoms. The van der Waals surface area contributed by atoms with Gasteiger partial charge in [0.1, 0.15) is 32.8 Å². The number of rotatable bonds is 11. The molecule has 0 unspecified atom stereocenters. The molecule has 0 heterocycles. The minimum Gasteiger partial charge on any atom is -0.459 e. The van der Waals surface area contributed by atoms with E-state index in [1.54, 1.807) is 12.1 Å². The lowest BCUT2D eigenvalue weighted by molar-refractivity contribution is -0.903. The van der Waals surface area contributed by atoms with Crippen LogP contribution in [0.5, 0.6) is 0 Å². The Balaban J connectivity index is 0.000000400. The lowest BCUT2D eigenvalue weighted by Gasteiger charge is -2.30. The van der Waals surface area contributed by atoms with Crippen molar-refractivity contribution in [3.05, 3.63) is 71.8 Å². The second-order valence-electron chi connectivity index (χ2n) is 13.1. The first-order valence-electron chi connectivity index (χ1n) is 14.0. The smallest absolute Gasteiger partial charge is 0.345 e. The molecular formula is C33H52N2O5+2. The first kappa shape index (κ1) is 35.0. The normalized spacial score (nSPS) is 12.2. The Morgan fingerprint density at radius 1 is 0.700 bits per heavy atom. The molecule has 0 N–H and O–H groups in total. The highest BCUT2D eigenvalue weighted by atomic mass is 16.5. The summed E-state index contributed by atoms with van der Waals surface area (Å²) in [7, 11) is 7.96. The fraction of sp³-hybridized carbons (Fsp3) is 0.545. The summed E-state index contributed by atoms with van der Waals surface area (Å²) in [5.74, 6) is -0.332. The highest BCUT2D eigenvalue weighted by molar-refractivity contribution is 5.88. The van der Waals surface area contributed by atoms with Crippen LogP contribution in [0.1, 0.15) is 63.9 Å². The van der Waals surface area contributed by atoms with Crippen molar-refractivity contribution in [1.29, 1.82) is 0 Å². The molecule has 0 aliphatic rings. The van der Waals surface area contributed by atoms with Crippen LogP contribution < -0.4 is 0 Å². The number of likely N-dealkylation sites (N-methyl/N-ethyl adjacent to an activating group) is 2. The third kappa shape index (κ3) is 12.4. The van der Waals surface area contributed by atoms with Crippen LogP contribution in [0.25, 0.3) is 0 Å². The molecule has 40 heavy (non-hydrogen) atoms. The summed E-state index contributed by atoms with van der Waals surface area (Å²) in [4.78, 5) is 36.0. The van der Waals surface area contributed by atoms with Crippen molar-refractivity contribution in [3.63, 3.8) is 0 Å². The molecule has 0 fully saturated rings. The van der Waals surface area contributed by atoms with Gasteiger partial charge in [-0.2, -0.15) is 0 Å². The van der Waals surface area contributed by atoms with Gasteiger partial charge in [0.2, 0.25) is 0 Å². The third-order valence-electron chi connectivity index (χ3n) is 6.89. The van der Waals surface area contributed by atoms with Gasteiger partial charge in [-0.3, -0.25) is 14.1 Å². The summed E-state index contributed by atoms with van der Waals surface area (Å²) in [6.07, 6.45) is 0.800. The maximum Gasteiger partial charge on any atom is 0.345 e. The number of carbonyl (C=O) groups excluding carboxylic acids is 3. The van der Waals surface area contributed by atoms with Gasteiger partial charge in [-0.15, -0.1) is 0 Å². The van der Waals surface area contributed by atoms with E-state index in [0.717, 1.165) is 24.0 Å². The molecule has 0 saturated heterocycles. The molecule has 1 amide bonds. The lowest BCUT2D eigenvalue weighted by atomic mass is 9.91. The zero-order valence-corrected chi connectivity index (χ0v) is 26.5. The van der Waals surface area contributed by atoms with Gasteiger partial charge in [-0.05, 0) is 53.2 Å². The molecule has 7 nitrogen and oxygen atoms in total. The molecule has 0 bridgehead atoms. The standard InChI is InChI=1S/C17H28NO2.C16H24NO3/c1-6-17(2,3)16(19)20-13-12-18(4,5)14-15-10-8-7-9-11-15;1-16(2,3)15(19)20-12-11-17(4,5)14(18)13-9-7-6-8-10-13/h7-11H,6,12-14H2,1-5H3;6-10H,11-12H2,1-5H3/q2*+1. The van der Waals surface area contributed by atoms with E-state index in [1.165, 1.54) is 5.56 Å². The van der Waals surface area contributed by atoms with Crippen LogP contribution in [0.3, 0.4) is 0 Å². The molecule has 0 aromatic heterocycles. The van der Waals surface area contributed by atoms with Crippen molar-refractivity contribution in [2.75, 3.05) is 54.5 Å². The Labute approximate surface area is 242 Å². The number of benzene rings is 2. The van der Waals surface area contributed by atoms with Gasteiger partial charge in [0.05, 0.1) is 44.6 Å². The Morgan fingerprint density at radius 3 is 1.68 bits per heavy atom. The molecule has 0 aliphatic heterocycles. The Hall–Kier alpha value is -3.03. The molecule has 2 aromatic carbocycles. The van der Waals surface area contributed by atoms with E-state index in [1.807, 2.05) is 79.9 Å². The van der Waals surface area contributed by atoms with E-state index in [-0.39, 0.29) is 34.4 Å². The maximum absolute atomic E-state index is 12.4. The number of quaternary nitrogens is 2. The first-order chi connectivity index (χ1) is 18.4. The average molecular weight is 557 g/mol. The molecule has 2 aromatic rings. The SMILES string of the molecule is CC(C)(C)C(=O)OCC[N+](C)(C)C(=O)c1ccccc1.CCC(C)(C)C(=O)OCC[N+](C)(C)Cc1ccccc1. The Bertz CT molecular complexity index is 1070. The van der Waals surface area contributed by atoms with Gasteiger partial charge >= 0.3 is 17.8 Å². The van der Waals surface area contributed by atoms with Gasteiger partial charge in [0.25, 0.3) is 0 Å². The van der Waals surface area contributed by atoms with E-state index in [0.29, 0.717) is 18.7 Å². The molecule has 0 saturated carbocycles. The number of hydrogen-bond acceptors (Lipinski definition) is 5. The minimum atomic E-state index is -0.513. The van der Waals surface area contributed by atoms with Crippen molar-refractivity contribution >= 4 is 17.8 Å². The van der Waals surface area contributed by atoms with Crippen LogP contribution in [-0.2, 0) is 25.6 Å². The Morgan fingerprint density at radius 2 is 1.18 bits per heavy atom. The molecule has 0 aliphatic carbocycles. The molecule has 222 valence electrons. The van der Waals surface area contributed by atoms with Crippen molar-refractivity contribution in [1.82, 2.24) is 0 Å². The van der Waals surface area contributed by atoms with Crippen molar-refractivity contribution in [2.45, 2.75) is 54.5 Å². The second-order valence-corrected chi connectivity index (χ2v) is 13.1. The summed E-state index contributed by atoms with van der Waals surface area (Å²) in [5.41, 5.74) is 1.08. The number of carbonyl (C=O) groups is 3. The fourth-order valence-corrected chi connectivity index (χ4v) is 3.50. The summed E-state index contributed by atoms with van der Waals surface area (Å²) in [6, 6.07) is 19.5. The number of hydrogen-bond donors (Lipinski definition) is 0. The van der Waals surface area contributed by atoms with Gasteiger partial charge in [0, 0.05) is 5.56 Å².